The zero-order valence-corrected chi connectivity index (χ0v) is 16.5. The number of furan rings is 1. The molecule has 30 heavy (non-hydrogen) atoms. The summed E-state index contributed by atoms with van der Waals surface area (Å²) < 4.78 is 5.43. The maximum Gasteiger partial charge on any atom is 0.251 e. The van der Waals surface area contributed by atoms with Gasteiger partial charge in [0.15, 0.2) is 0 Å². The quantitative estimate of drug-likeness (QED) is 0.583. The van der Waals surface area contributed by atoms with Crippen molar-refractivity contribution in [1.82, 2.24) is 15.2 Å². The first kappa shape index (κ1) is 19.6. The Morgan fingerprint density at radius 1 is 1.10 bits per heavy atom. The summed E-state index contributed by atoms with van der Waals surface area (Å²) in [4.78, 5) is 30.8. The number of nitrogens with zero attached hydrogens (tertiary/aromatic N) is 2. The van der Waals surface area contributed by atoms with Crippen molar-refractivity contribution in [1.29, 1.82) is 0 Å². The van der Waals surface area contributed by atoms with E-state index in [9.17, 15) is 9.59 Å². The van der Waals surface area contributed by atoms with E-state index < -0.39 is 0 Å². The summed E-state index contributed by atoms with van der Waals surface area (Å²) in [6.45, 7) is 0.758. The molecule has 6 nitrogen and oxygen atoms in total. The van der Waals surface area contributed by atoms with Crippen LogP contribution < -0.4 is 5.32 Å². The highest BCUT2D eigenvalue weighted by Crippen LogP contribution is 2.19. The van der Waals surface area contributed by atoms with E-state index in [1.165, 1.54) is 6.08 Å². The van der Waals surface area contributed by atoms with Gasteiger partial charge in [-0.05, 0) is 60.4 Å². The van der Waals surface area contributed by atoms with Gasteiger partial charge in [-0.25, -0.2) is 0 Å². The van der Waals surface area contributed by atoms with Crippen molar-refractivity contribution >= 4 is 17.9 Å². The molecule has 6 heteroatoms. The maximum atomic E-state index is 12.9. The van der Waals surface area contributed by atoms with Crippen LogP contribution in [0.15, 0.2) is 77.7 Å². The van der Waals surface area contributed by atoms with Gasteiger partial charge >= 0.3 is 0 Å². The van der Waals surface area contributed by atoms with Crippen LogP contribution in [0.3, 0.4) is 0 Å². The Hall–Kier alpha value is -3.67. The summed E-state index contributed by atoms with van der Waals surface area (Å²) in [5, 5.41) is 2.98. The fourth-order valence-corrected chi connectivity index (χ4v) is 3.03. The molecule has 2 amide bonds. The minimum Gasteiger partial charge on any atom is -0.467 e. The summed E-state index contributed by atoms with van der Waals surface area (Å²) in [5.74, 6) is 0.524. The molecular formula is C24H23N3O3. The Morgan fingerprint density at radius 2 is 1.93 bits per heavy atom. The predicted molar refractivity (Wildman–Crippen MR) is 113 cm³/mol. The molecule has 0 saturated heterocycles. The monoisotopic (exact) mass is 401 g/mol. The minimum atomic E-state index is -0.134. The largest absolute Gasteiger partial charge is 0.467 e. The first-order valence-corrected chi connectivity index (χ1v) is 9.96. The number of carbonyl (C=O) groups excluding carboxylic acids is 2. The van der Waals surface area contributed by atoms with E-state index in [4.69, 9.17) is 4.42 Å². The van der Waals surface area contributed by atoms with Crippen LogP contribution >= 0.6 is 0 Å². The summed E-state index contributed by atoms with van der Waals surface area (Å²) in [6.07, 6.45) is 10.4. The SMILES string of the molecule is O=C(NC1CC1)c1ccc(CN(Cc2ccco2)C(=O)/C=C/c2cccnc2)cc1. The number of hydrogen-bond donors (Lipinski definition) is 1. The molecule has 3 aromatic rings. The number of pyridine rings is 1. The van der Waals surface area contributed by atoms with Crippen molar-refractivity contribution in [3.8, 4) is 0 Å². The third-order valence-electron chi connectivity index (χ3n) is 4.84. The number of amides is 2. The van der Waals surface area contributed by atoms with Gasteiger partial charge in [-0.1, -0.05) is 18.2 Å². The lowest BCUT2D eigenvalue weighted by atomic mass is 10.1. The third-order valence-corrected chi connectivity index (χ3v) is 4.84. The fraction of sp³-hybridized carbons (Fsp3) is 0.208. The molecule has 1 aliphatic carbocycles. The normalized spacial score (nSPS) is 13.3. The molecular weight excluding hydrogens is 378 g/mol. The Kier molecular flexibility index (Phi) is 6.03. The molecule has 0 unspecified atom stereocenters. The molecule has 1 aliphatic rings. The average Bonchev–Trinajstić information content (AvgIpc) is 3.44. The number of aromatic nitrogens is 1. The zero-order valence-electron chi connectivity index (χ0n) is 16.5. The molecule has 1 aromatic carbocycles. The summed E-state index contributed by atoms with van der Waals surface area (Å²) in [7, 11) is 0. The van der Waals surface area contributed by atoms with Crippen LogP contribution in [0.1, 0.15) is 40.1 Å². The highest BCUT2D eigenvalue weighted by atomic mass is 16.3. The second-order valence-corrected chi connectivity index (χ2v) is 7.34. The molecule has 1 saturated carbocycles. The van der Waals surface area contributed by atoms with E-state index in [0.717, 1.165) is 24.0 Å². The van der Waals surface area contributed by atoms with Gasteiger partial charge in [0.1, 0.15) is 5.76 Å². The molecule has 0 spiro atoms. The van der Waals surface area contributed by atoms with Crippen molar-refractivity contribution in [3.05, 3.63) is 95.7 Å². The molecule has 0 bridgehead atoms. The summed E-state index contributed by atoms with van der Waals surface area (Å²) >= 11 is 0. The van der Waals surface area contributed by atoms with Crippen molar-refractivity contribution < 1.29 is 14.0 Å². The Balaban J connectivity index is 1.45. The molecule has 0 atom stereocenters. The third kappa shape index (κ3) is 5.44. The van der Waals surface area contributed by atoms with Gasteiger partial charge in [0, 0.05) is 36.6 Å². The smallest absolute Gasteiger partial charge is 0.251 e. The van der Waals surface area contributed by atoms with Crippen molar-refractivity contribution in [2.45, 2.75) is 32.0 Å². The van der Waals surface area contributed by atoms with Gasteiger partial charge in [-0.2, -0.15) is 0 Å². The number of nitrogens with one attached hydrogen (secondary N) is 1. The van der Waals surface area contributed by atoms with Crippen LogP contribution in [0, 0.1) is 0 Å². The van der Waals surface area contributed by atoms with Crippen LogP contribution in [0.25, 0.3) is 6.08 Å². The topological polar surface area (TPSA) is 75.4 Å². The number of hydrogen-bond acceptors (Lipinski definition) is 4. The van der Waals surface area contributed by atoms with Gasteiger partial charge in [0.2, 0.25) is 5.91 Å². The maximum absolute atomic E-state index is 12.9. The second-order valence-electron chi connectivity index (χ2n) is 7.34. The first-order chi connectivity index (χ1) is 14.7. The summed E-state index contributed by atoms with van der Waals surface area (Å²) in [5.41, 5.74) is 2.42. The van der Waals surface area contributed by atoms with Crippen LogP contribution in [-0.4, -0.2) is 27.7 Å². The minimum absolute atomic E-state index is 0.0491. The van der Waals surface area contributed by atoms with E-state index in [2.05, 4.69) is 10.3 Å². The molecule has 1 fully saturated rings. The Labute approximate surface area is 175 Å². The van der Waals surface area contributed by atoms with Crippen LogP contribution in [0.4, 0.5) is 0 Å². The molecule has 0 aliphatic heterocycles. The van der Waals surface area contributed by atoms with Crippen LogP contribution in [0.2, 0.25) is 0 Å². The van der Waals surface area contributed by atoms with Gasteiger partial charge in [0.25, 0.3) is 5.91 Å². The van der Waals surface area contributed by atoms with Crippen LogP contribution in [-0.2, 0) is 17.9 Å². The molecule has 4 rings (SSSR count). The Bertz CT molecular complexity index is 1010. The zero-order chi connectivity index (χ0) is 20.8. The number of benzene rings is 1. The standard InChI is InChI=1S/C24H23N3O3/c28-23(12-7-18-3-1-13-25-15-18)27(17-22-4-2-14-30-22)16-19-5-8-20(9-6-19)24(29)26-21-10-11-21/h1-9,12-15,21H,10-11,16-17H2,(H,26,29)/b12-7+. The van der Waals surface area contributed by atoms with Crippen LogP contribution in [0.5, 0.6) is 0 Å². The summed E-state index contributed by atoms with van der Waals surface area (Å²) in [6, 6.07) is 15.1. The first-order valence-electron chi connectivity index (χ1n) is 9.96. The fourth-order valence-electron chi connectivity index (χ4n) is 3.03. The molecule has 2 heterocycles. The van der Waals surface area contributed by atoms with Gasteiger partial charge in [-0.15, -0.1) is 0 Å². The molecule has 0 radical (unpaired) electrons. The lowest BCUT2D eigenvalue weighted by molar-refractivity contribution is -0.127. The van der Waals surface area contributed by atoms with E-state index in [-0.39, 0.29) is 11.8 Å². The van der Waals surface area contributed by atoms with Crippen molar-refractivity contribution in [3.63, 3.8) is 0 Å². The highest BCUT2D eigenvalue weighted by molar-refractivity contribution is 5.94. The van der Waals surface area contributed by atoms with E-state index >= 15 is 0 Å². The predicted octanol–water partition coefficient (Wildman–Crippen LogP) is 3.81. The Morgan fingerprint density at radius 3 is 2.60 bits per heavy atom. The highest BCUT2D eigenvalue weighted by Gasteiger charge is 2.23. The van der Waals surface area contributed by atoms with E-state index in [0.29, 0.717) is 30.5 Å². The molecule has 152 valence electrons. The van der Waals surface area contributed by atoms with Gasteiger partial charge in [-0.3, -0.25) is 14.6 Å². The van der Waals surface area contributed by atoms with Gasteiger partial charge in [0.05, 0.1) is 12.8 Å². The number of rotatable bonds is 8. The second kappa shape index (κ2) is 9.22. The molecule has 2 aromatic heterocycles. The average molecular weight is 401 g/mol. The van der Waals surface area contributed by atoms with E-state index in [1.54, 1.807) is 47.8 Å². The van der Waals surface area contributed by atoms with Gasteiger partial charge < -0.3 is 14.6 Å². The lowest BCUT2D eigenvalue weighted by Gasteiger charge is -2.20. The van der Waals surface area contributed by atoms with Crippen molar-refractivity contribution in [2.75, 3.05) is 0 Å². The molecule has 1 N–H and O–H groups in total. The number of carbonyl (C=O) groups is 2. The van der Waals surface area contributed by atoms with Crippen molar-refractivity contribution in [2.24, 2.45) is 0 Å². The van der Waals surface area contributed by atoms with E-state index in [1.807, 2.05) is 30.3 Å². The lowest BCUT2D eigenvalue weighted by Crippen LogP contribution is -2.28.